The van der Waals surface area contributed by atoms with Gasteiger partial charge in [-0.05, 0) is 41.2 Å². The minimum absolute atomic E-state index is 0.177. The first-order valence-electron chi connectivity index (χ1n) is 10.9. The summed E-state index contributed by atoms with van der Waals surface area (Å²) in [5, 5.41) is 11.2. The van der Waals surface area contributed by atoms with Crippen LogP contribution in [0, 0.1) is 17.2 Å². The zero-order valence-corrected chi connectivity index (χ0v) is 20.4. The third-order valence-electron chi connectivity index (χ3n) is 5.76. The molecule has 1 aliphatic carbocycles. The van der Waals surface area contributed by atoms with E-state index in [1.54, 1.807) is 0 Å². The summed E-state index contributed by atoms with van der Waals surface area (Å²) in [7, 11) is -3.21. The van der Waals surface area contributed by atoms with Gasteiger partial charge in [0.05, 0.1) is 18.2 Å². The fraction of sp³-hybridized carbons (Fsp3) is 0.417. The van der Waals surface area contributed by atoms with Crippen molar-refractivity contribution < 1.29 is 22.0 Å². The third-order valence-corrected chi connectivity index (χ3v) is 7.51. The summed E-state index contributed by atoms with van der Waals surface area (Å²) in [6.07, 6.45) is 0.469. The Morgan fingerprint density at radius 1 is 1.21 bits per heavy atom. The lowest BCUT2D eigenvalue weighted by atomic mass is 9.72. The van der Waals surface area contributed by atoms with E-state index in [4.69, 9.17) is 5.26 Å². The van der Waals surface area contributed by atoms with Crippen molar-refractivity contribution in [2.75, 3.05) is 25.1 Å². The number of amides is 1. The van der Waals surface area contributed by atoms with Crippen molar-refractivity contribution in [3.05, 3.63) is 54.1 Å². The van der Waals surface area contributed by atoms with Gasteiger partial charge >= 0.3 is 0 Å². The number of nitriles is 1. The molecule has 3 rings (SSSR count). The largest absolute Gasteiger partial charge is 0.343 e. The van der Waals surface area contributed by atoms with Gasteiger partial charge in [-0.2, -0.15) is 5.26 Å². The maximum Gasteiger partial charge on any atom is 0.249 e. The Kier molecular flexibility index (Phi) is 8.68. The molecule has 6 nitrogen and oxygen atoms in total. The Balaban J connectivity index is 1.80. The molecule has 34 heavy (non-hydrogen) atoms. The maximum atomic E-state index is 14.2. The summed E-state index contributed by atoms with van der Waals surface area (Å²) in [5.41, 5.74) is 2.63. The minimum atomic E-state index is -3.21. The normalized spacial score (nSPS) is 19.8. The maximum absolute atomic E-state index is 14.2. The van der Waals surface area contributed by atoms with Crippen LogP contribution in [0.2, 0.25) is 0 Å². The van der Waals surface area contributed by atoms with Gasteiger partial charge in [-0.1, -0.05) is 36.4 Å². The average molecular weight is 508 g/mol. The van der Waals surface area contributed by atoms with Crippen LogP contribution in [0.25, 0.3) is 11.1 Å². The Labute approximate surface area is 203 Å². The second kappa shape index (κ2) is 11.3. The van der Waals surface area contributed by atoms with Gasteiger partial charge < -0.3 is 5.32 Å². The number of rotatable bonds is 9. The standard InChI is InChI=1S/C24H27F2N3O3S2/c1-34(31,32)29-14-15-33-18-8-6-17(7-9-18)19-4-2-3-5-20(19)21-10-11-24(25,26)16-22(21)23(30)28-13-12-27/h2-9,21-22,29H,10-11,13-16H2,1H3,(H,28,30). The molecule has 2 aromatic carbocycles. The molecule has 1 aliphatic rings. The van der Waals surface area contributed by atoms with Gasteiger partial charge in [-0.15, -0.1) is 11.8 Å². The lowest BCUT2D eigenvalue weighted by Crippen LogP contribution is -2.41. The highest BCUT2D eigenvalue weighted by Gasteiger charge is 2.45. The minimum Gasteiger partial charge on any atom is -0.343 e. The number of hydrogen-bond acceptors (Lipinski definition) is 5. The summed E-state index contributed by atoms with van der Waals surface area (Å²) in [6.45, 7) is 0.115. The summed E-state index contributed by atoms with van der Waals surface area (Å²) >= 11 is 1.52. The van der Waals surface area contributed by atoms with Crippen LogP contribution in [0.4, 0.5) is 8.78 Å². The number of halogens is 2. The first kappa shape index (κ1) is 26.1. The van der Waals surface area contributed by atoms with Gasteiger partial charge in [0.2, 0.25) is 21.9 Å². The molecule has 2 atom stereocenters. The van der Waals surface area contributed by atoms with E-state index in [0.717, 1.165) is 27.8 Å². The van der Waals surface area contributed by atoms with E-state index < -0.39 is 34.2 Å². The first-order chi connectivity index (χ1) is 16.1. The molecule has 0 aromatic heterocycles. The van der Waals surface area contributed by atoms with Crippen molar-refractivity contribution >= 4 is 27.7 Å². The second-order valence-electron chi connectivity index (χ2n) is 8.31. The van der Waals surface area contributed by atoms with Crippen molar-refractivity contribution in [3.63, 3.8) is 0 Å². The number of nitrogens with one attached hydrogen (secondary N) is 2. The van der Waals surface area contributed by atoms with E-state index in [1.807, 2.05) is 54.6 Å². The molecule has 2 N–H and O–H groups in total. The summed E-state index contributed by atoms with van der Waals surface area (Å²) in [6, 6.07) is 17.1. The van der Waals surface area contributed by atoms with Crippen LogP contribution in [-0.2, 0) is 14.8 Å². The van der Waals surface area contributed by atoms with E-state index in [9.17, 15) is 22.0 Å². The van der Waals surface area contributed by atoms with E-state index in [1.165, 1.54) is 11.8 Å². The van der Waals surface area contributed by atoms with E-state index in [2.05, 4.69) is 10.0 Å². The van der Waals surface area contributed by atoms with Crippen LogP contribution in [0.1, 0.15) is 30.7 Å². The molecule has 1 amide bonds. The molecule has 0 heterocycles. The quantitative estimate of drug-likeness (QED) is 0.302. The number of benzene rings is 2. The average Bonchev–Trinajstić information content (AvgIpc) is 2.79. The zero-order valence-electron chi connectivity index (χ0n) is 18.8. The monoisotopic (exact) mass is 507 g/mol. The number of thioether (sulfide) groups is 1. The summed E-state index contributed by atoms with van der Waals surface area (Å²) in [4.78, 5) is 13.6. The lowest BCUT2D eigenvalue weighted by molar-refractivity contribution is -0.133. The highest BCUT2D eigenvalue weighted by atomic mass is 32.2. The van der Waals surface area contributed by atoms with E-state index >= 15 is 0 Å². The molecule has 0 saturated heterocycles. The van der Waals surface area contributed by atoms with Gasteiger partial charge in [-0.3, -0.25) is 4.79 Å². The Morgan fingerprint density at radius 3 is 2.59 bits per heavy atom. The highest BCUT2D eigenvalue weighted by molar-refractivity contribution is 7.99. The van der Waals surface area contributed by atoms with Crippen molar-refractivity contribution in [2.45, 2.75) is 36.0 Å². The molecule has 0 radical (unpaired) electrons. The summed E-state index contributed by atoms with van der Waals surface area (Å²) < 4.78 is 53.2. The fourth-order valence-electron chi connectivity index (χ4n) is 4.25. The molecule has 2 aromatic rings. The van der Waals surface area contributed by atoms with Gasteiger partial charge in [0.15, 0.2) is 0 Å². The Morgan fingerprint density at radius 2 is 1.91 bits per heavy atom. The zero-order chi connectivity index (χ0) is 24.8. The van der Waals surface area contributed by atoms with E-state index in [0.29, 0.717) is 12.3 Å². The molecular weight excluding hydrogens is 480 g/mol. The summed E-state index contributed by atoms with van der Waals surface area (Å²) in [5.74, 6) is -4.15. The van der Waals surface area contributed by atoms with Crippen LogP contribution in [0.5, 0.6) is 0 Å². The molecule has 0 bridgehead atoms. The topological polar surface area (TPSA) is 99.1 Å². The lowest BCUT2D eigenvalue weighted by Gasteiger charge is -2.36. The van der Waals surface area contributed by atoms with Crippen molar-refractivity contribution in [1.29, 1.82) is 5.26 Å². The molecular formula is C24H27F2N3O3S2. The van der Waals surface area contributed by atoms with Gasteiger partial charge in [0.1, 0.15) is 6.54 Å². The van der Waals surface area contributed by atoms with Crippen LogP contribution < -0.4 is 10.0 Å². The SMILES string of the molecule is CS(=O)(=O)NCCSc1ccc(-c2ccccc2C2CCC(F)(F)CC2C(=O)NCC#N)cc1. The van der Waals surface area contributed by atoms with Crippen LogP contribution >= 0.6 is 11.8 Å². The number of hydrogen-bond donors (Lipinski definition) is 2. The molecule has 0 aliphatic heterocycles. The second-order valence-corrected chi connectivity index (χ2v) is 11.3. The third kappa shape index (κ3) is 7.26. The molecule has 0 spiro atoms. The number of carbonyl (C=O) groups is 1. The molecule has 10 heteroatoms. The number of carbonyl (C=O) groups excluding carboxylic acids is 1. The van der Waals surface area contributed by atoms with Gasteiger partial charge in [-0.25, -0.2) is 21.9 Å². The predicted octanol–water partition coefficient (Wildman–Crippen LogP) is 4.15. The Bertz CT molecular complexity index is 1150. The van der Waals surface area contributed by atoms with Crippen molar-refractivity contribution in [1.82, 2.24) is 10.0 Å². The van der Waals surface area contributed by atoms with Gasteiger partial charge in [0, 0.05) is 30.0 Å². The smallest absolute Gasteiger partial charge is 0.249 e. The van der Waals surface area contributed by atoms with Crippen LogP contribution in [0.3, 0.4) is 0 Å². The fourth-order valence-corrected chi connectivity index (χ4v) is 5.62. The molecule has 182 valence electrons. The number of alkyl halides is 2. The van der Waals surface area contributed by atoms with Gasteiger partial charge in [0.25, 0.3) is 0 Å². The molecule has 1 fully saturated rings. The van der Waals surface area contributed by atoms with E-state index in [-0.39, 0.29) is 25.3 Å². The highest BCUT2D eigenvalue weighted by Crippen LogP contribution is 2.47. The number of nitrogens with zero attached hydrogens (tertiary/aromatic N) is 1. The van der Waals surface area contributed by atoms with Crippen LogP contribution in [0.15, 0.2) is 53.4 Å². The predicted molar refractivity (Wildman–Crippen MR) is 129 cm³/mol. The molecule has 2 unspecified atom stereocenters. The van der Waals surface area contributed by atoms with Crippen LogP contribution in [-0.4, -0.2) is 45.3 Å². The number of sulfonamides is 1. The molecule has 1 saturated carbocycles. The van der Waals surface area contributed by atoms with Crippen molar-refractivity contribution in [3.8, 4) is 17.2 Å². The Hall–Kier alpha value is -2.48. The first-order valence-corrected chi connectivity index (χ1v) is 13.8. The van der Waals surface area contributed by atoms with Crippen molar-refractivity contribution in [2.24, 2.45) is 5.92 Å².